The number of amides is 1. The third-order valence-corrected chi connectivity index (χ3v) is 6.52. The summed E-state index contributed by atoms with van der Waals surface area (Å²) in [5, 5.41) is 12.9. The summed E-state index contributed by atoms with van der Waals surface area (Å²) in [4.78, 5) is 12.7. The van der Waals surface area contributed by atoms with Gasteiger partial charge in [0.05, 0.1) is 20.0 Å². The molecule has 7 nitrogen and oxygen atoms in total. The fourth-order valence-electron chi connectivity index (χ4n) is 3.31. The van der Waals surface area contributed by atoms with E-state index in [1.165, 1.54) is 11.8 Å². The van der Waals surface area contributed by atoms with Gasteiger partial charge in [-0.3, -0.25) is 9.36 Å². The number of methoxy groups -OCH3 is 2. The third kappa shape index (κ3) is 5.18. The van der Waals surface area contributed by atoms with Crippen LogP contribution in [-0.4, -0.2) is 40.6 Å². The Bertz CT molecular complexity index is 1290. The molecule has 0 aliphatic rings. The molecule has 9 heteroatoms. The molecular weight excluding hydrogens is 472 g/mol. The largest absolute Gasteiger partial charge is 0.497 e. The van der Waals surface area contributed by atoms with Gasteiger partial charge in [-0.1, -0.05) is 29.4 Å². The van der Waals surface area contributed by atoms with Gasteiger partial charge in [0.2, 0.25) is 5.91 Å². The zero-order chi connectivity index (χ0) is 24.1. The van der Waals surface area contributed by atoms with Gasteiger partial charge < -0.3 is 14.8 Å². The van der Waals surface area contributed by atoms with E-state index >= 15 is 0 Å². The van der Waals surface area contributed by atoms with E-state index in [4.69, 9.17) is 21.1 Å². The van der Waals surface area contributed by atoms with Crippen LogP contribution in [0, 0.1) is 6.92 Å². The molecule has 4 aromatic rings. The first-order chi connectivity index (χ1) is 16.5. The van der Waals surface area contributed by atoms with Crippen LogP contribution in [0.15, 0.2) is 71.9 Å². The minimum atomic E-state index is -0.161. The first-order valence-electron chi connectivity index (χ1n) is 10.4. The number of anilines is 1. The molecule has 0 saturated heterocycles. The van der Waals surface area contributed by atoms with Crippen LogP contribution in [-0.2, 0) is 4.79 Å². The van der Waals surface area contributed by atoms with E-state index in [1.54, 1.807) is 26.4 Å². The Morgan fingerprint density at radius 3 is 2.26 bits per heavy atom. The summed E-state index contributed by atoms with van der Waals surface area (Å²) < 4.78 is 12.5. The van der Waals surface area contributed by atoms with Crippen LogP contribution in [0.3, 0.4) is 0 Å². The number of hydrogen-bond donors (Lipinski definition) is 1. The van der Waals surface area contributed by atoms with Crippen LogP contribution in [0.2, 0.25) is 5.02 Å². The van der Waals surface area contributed by atoms with Crippen LogP contribution in [0.5, 0.6) is 11.5 Å². The highest BCUT2D eigenvalue weighted by Crippen LogP contribution is 2.30. The fraction of sp³-hybridized carbons (Fsp3) is 0.160. The molecule has 1 amide bonds. The maximum absolute atomic E-state index is 12.7. The Morgan fingerprint density at radius 1 is 0.971 bits per heavy atom. The van der Waals surface area contributed by atoms with Crippen molar-refractivity contribution >= 4 is 35.0 Å². The molecule has 0 fully saturated rings. The van der Waals surface area contributed by atoms with Crippen molar-refractivity contribution in [2.45, 2.75) is 12.1 Å². The molecule has 34 heavy (non-hydrogen) atoms. The van der Waals surface area contributed by atoms with Gasteiger partial charge in [0.25, 0.3) is 0 Å². The molecule has 0 unspecified atom stereocenters. The number of ether oxygens (including phenoxy) is 2. The van der Waals surface area contributed by atoms with Crippen molar-refractivity contribution in [1.82, 2.24) is 14.8 Å². The van der Waals surface area contributed by atoms with Crippen molar-refractivity contribution in [2.75, 3.05) is 25.3 Å². The maximum Gasteiger partial charge on any atom is 0.234 e. The van der Waals surface area contributed by atoms with E-state index < -0.39 is 0 Å². The number of benzene rings is 3. The smallest absolute Gasteiger partial charge is 0.234 e. The number of hydrogen-bond acceptors (Lipinski definition) is 6. The number of halogens is 1. The van der Waals surface area contributed by atoms with Gasteiger partial charge in [0.15, 0.2) is 11.0 Å². The number of thioether (sulfide) groups is 1. The molecule has 3 aromatic carbocycles. The summed E-state index contributed by atoms with van der Waals surface area (Å²) in [6.45, 7) is 1.87. The zero-order valence-corrected chi connectivity index (χ0v) is 20.5. The average molecular weight is 495 g/mol. The number of carbonyl (C=O) groups excluding carboxylic acids is 1. The lowest BCUT2D eigenvalue weighted by molar-refractivity contribution is -0.113. The maximum atomic E-state index is 12.7. The summed E-state index contributed by atoms with van der Waals surface area (Å²) in [7, 11) is 3.25. The molecule has 0 aliphatic heterocycles. The van der Waals surface area contributed by atoms with Crippen LogP contribution < -0.4 is 14.8 Å². The second kappa shape index (κ2) is 10.6. The van der Waals surface area contributed by atoms with E-state index in [0.29, 0.717) is 21.7 Å². The lowest BCUT2D eigenvalue weighted by Gasteiger charge is -2.12. The second-order valence-corrected chi connectivity index (χ2v) is 8.67. The molecule has 4 rings (SSSR count). The van der Waals surface area contributed by atoms with Gasteiger partial charge in [-0.05, 0) is 73.2 Å². The highest BCUT2D eigenvalue weighted by atomic mass is 35.5. The topological polar surface area (TPSA) is 78.3 Å². The van der Waals surface area contributed by atoms with Crippen molar-refractivity contribution in [2.24, 2.45) is 0 Å². The molecule has 1 heterocycles. The van der Waals surface area contributed by atoms with Crippen LogP contribution in [0.1, 0.15) is 5.56 Å². The Labute approximate surface area is 207 Å². The Morgan fingerprint density at radius 2 is 1.62 bits per heavy atom. The first-order valence-corrected chi connectivity index (χ1v) is 11.8. The summed E-state index contributed by atoms with van der Waals surface area (Å²) >= 11 is 7.47. The Hall–Kier alpha value is -3.49. The highest BCUT2D eigenvalue weighted by molar-refractivity contribution is 7.99. The summed E-state index contributed by atoms with van der Waals surface area (Å²) in [5.74, 6) is 2.14. The molecule has 0 spiro atoms. The predicted octanol–water partition coefficient (Wildman–Crippen LogP) is 5.64. The lowest BCUT2D eigenvalue weighted by Crippen LogP contribution is -2.15. The number of nitrogens with zero attached hydrogens (tertiary/aromatic N) is 3. The van der Waals surface area contributed by atoms with Crippen molar-refractivity contribution in [1.29, 1.82) is 0 Å². The van der Waals surface area contributed by atoms with Gasteiger partial charge in [-0.15, -0.1) is 10.2 Å². The number of rotatable bonds is 8. The monoisotopic (exact) mass is 494 g/mol. The molecule has 1 N–H and O–H groups in total. The van der Waals surface area contributed by atoms with Gasteiger partial charge in [0.1, 0.15) is 11.5 Å². The third-order valence-electron chi connectivity index (χ3n) is 5.19. The first kappa shape index (κ1) is 23.7. The van der Waals surface area contributed by atoms with Gasteiger partial charge in [-0.2, -0.15) is 0 Å². The average Bonchev–Trinajstić information content (AvgIpc) is 3.29. The fourth-order valence-corrected chi connectivity index (χ4v) is 4.24. The van der Waals surface area contributed by atoms with Crippen molar-refractivity contribution < 1.29 is 14.3 Å². The summed E-state index contributed by atoms with van der Waals surface area (Å²) in [5.41, 5.74) is 3.24. The molecule has 0 radical (unpaired) electrons. The number of nitrogens with one attached hydrogen (secondary N) is 1. The SMILES string of the molecule is COc1ccc(-c2nnc(SCC(=O)Nc3cccc(Cl)c3C)n2-c2ccc(OC)cc2)cc1. The van der Waals surface area contributed by atoms with Crippen LogP contribution >= 0.6 is 23.4 Å². The number of aromatic nitrogens is 3. The Kier molecular flexibility index (Phi) is 7.40. The lowest BCUT2D eigenvalue weighted by atomic mass is 10.2. The van der Waals surface area contributed by atoms with E-state index in [-0.39, 0.29) is 11.7 Å². The molecule has 0 saturated carbocycles. The standard InChI is InChI=1S/C25H23ClN4O3S/c1-16-21(26)5-4-6-22(16)27-23(31)15-34-25-29-28-24(17-7-11-19(32-2)12-8-17)30(25)18-9-13-20(33-3)14-10-18/h4-14H,15H2,1-3H3,(H,27,31). The molecule has 0 atom stereocenters. The summed E-state index contributed by atoms with van der Waals surface area (Å²) in [6, 6.07) is 20.6. The van der Waals surface area contributed by atoms with E-state index in [1.807, 2.05) is 66.1 Å². The minimum absolute atomic E-state index is 0.156. The number of carbonyl (C=O) groups is 1. The van der Waals surface area contributed by atoms with Crippen molar-refractivity contribution in [3.8, 4) is 28.6 Å². The van der Waals surface area contributed by atoms with Gasteiger partial charge in [-0.25, -0.2) is 0 Å². The van der Waals surface area contributed by atoms with E-state index in [0.717, 1.165) is 28.3 Å². The van der Waals surface area contributed by atoms with Crippen molar-refractivity contribution in [3.05, 3.63) is 77.3 Å². The summed E-state index contributed by atoms with van der Waals surface area (Å²) in [6.07, 6.45) is 0. The molecular formula is C25H23ClN4O3S. The molecule has 0 aliphatic carbocycles. The predicted molar refractivity (Wildman–Crippen MR) is 135 cm³/mol. The van der Waals surface area contributed by atoms with Crippen LogP contribution in [0.4, 0.5) is 5.69 Å². The molecule has 0 bridgehead atoms. The van der Waals surface area contributed by atoms with E-state index in [2.05, 4.69) is 15.5 Å². The molecule has 1 aromatic heterocycles. The second-order valence-electron chi connectivity index (χ2n) is 7.32. The van der Waals surface area contributed by atoms with Gasteiger partial charge >= 0.3 is 0 Å². The van der Waals surface area contributed by atoms with Crippen LogP contribution in [0.25, 0.3) is 17.1 Å². The van der Waals surface area contributed by atoms with E-state index in [9.17, 15) is 4.79 Å². The quantitative estimate of drug-likeness (QED) is 0.319. The minimum Gasteiger partial charge on any atom is -0.497 e. The Balaban J connectivity index is 1.61. The van der Waals surface area contributed by atoms with Gasteiger partial charge in [0, 0.05) is 22.0 Å². The highest BCUT2D eigenvalue weighted by Gasteiger charge is 2.18. The zero-order valence-electron chi connectivity index (χ0n) is 18.9. The normalized spacial score (nSPS) is 10.7. The molecule has 174 valence electrons. The van der Waals surface area contributed by atoms with Crippen molar-refractivity contribution in [3.63, 3.8) is 0 Å².